The minimum Gasteiger partial charge on any atom is -0.497 e. The normalized spacial score (nSPS) is 11.6. The van der Waals surface area contributed by atoms with E-state index in [2.05, 4.69) is 22.1 Å². The van der Waals surface area contributed by atoms with Crippen molar-refractivity contribution in [3.05, 3.63) is 82.1 Å². The average Bonchev–Trinajstić information content (AvgIpc) is 3.20. The van der Waals surface area contributed by atoms with Gasteiger partial charge in [0.25, 0.3) is 5.91 Å². The summed E-state index contributed by atoms with van der Waals surface area (Å²) in [7, 11) is 1.57. The van der Waals surface area contributed by atoms with Crippen molar-refractivity contribution >= 4 is 46.7 Å². The number of halogens is 2. The van der Waals surface area contributed by atoms with Gasteiger partial charge in [0, 0.05) is 17.1 Å². The average molecular weight is 505 g/mol. The van der Waals surface area contributed by atoms with E-state index in [1.807, 2.05) is 4.57 Å². The molecule has 10 heteroatoms. The predicted octanol–water partition coefficient (Wildman–Crippen LogP) is 5.25. The van der Waals surface area contributed by atoms with Gasteiger partial charge >= 0.3 is 0 Å². The van der Waals surface area contributed by atoms with Crippen molar-refractivity contribution in [3.8, 4) is 5.75 Å². The van der Waals surface area contributed by atoms with E-state index in [9.17, 15) is 9.59 Å². The first-order valence-corrected chi connectivity index (χ1v) is 11.7. The van der Waals surface area contributed by atoms with Gasteiger partial charge in [0.05, 0.1) is 29.5 Å². The van der Waals surface area contributed by atoms with E-state index in [-0.39, 0.29) is 22.5 Å². The number of amides is 1. The van der Waals surface area contributed by atoms with Gasteiger partial charge in [0.1, 0.15) is 5.75 Å². The van der Waals surface area contributed by atoms with Crippen LogP contribution in [-0.4, -0.2) is 39.3 Å². The fraction of sp³-hybridized carbons (Fsp3) is 0.217. The van der Waals surface area contributed by atoms with Crippen molar-refractivity contribution in [1.29, 1.82) is 0 Å². The molecule has 0 spiro atoms. The van der Waals surface area contributed by atoms with Gasteiger partial charge < -0.3 is 14.6 Å². The summed E-state index contributed by atoms with van der Waals surface area (Å²) < 4.78 is 6.94. The SMILES string of the molecule is C=CCn1c(SCC(=O)c2ccc(OC)cc2)nnc1[C@H](C)NC(=O)c1ccc(Cl)cc1Cl. The Morgan fingerprint density at radius 3 is 2.58 bits per heavy atom. The number of carbonyl (C=O) groups excluding carboxylic acids is 2. The molecule has 0 aliphatic rings. The third-order valence-corrected chi connectivity index (χ3v) is 6.23. The number of aromatic nitrogens is 3. The molecule has 1 amide bonds. The third-order valence-electron chi connectivity index (χ3n) is 4.71. The summed E-state index contributed by atoms with van der Waals surface area (Å²) in [5.41, 5.74) is 0.890. The molecular weight excluding hydrogens is 483 g/mol. The number of carbonyl (C=O) groups is 2. The minimum absolute atomic E-state index is 0.0453. The summed E-state index contributed by atoms with van der Waals surface area (Å²) in [6.45, 7) is 6.00. The fourth-order valence-corrected chi connectivity index (χ4v) is 4.37. The Balaban J connectivity index is 1.71. The molecular formula is C23H22Cl2N4O3S. The zero-order valence-corrected chi connectivity index (χ0v) is 20.4. The van der Waals surface area contributed by atoms with Gasteiger partial charge in [0.15, 0.2) is 16.8 Å². The lowest BCUT2D eigenvalue weighted by Gasteiger charge is -2.16. The van der Waals surface area contributed by atoms with E-state index in [0.717, 1.165) is 0 Å². The van der Waals surface area contributed by atoms with E-state index in [4.69, 9.17) is 27.9 Å². The van der Waals surface area contributed by atoms with E-state index < -0.39 is 6.04 Å². The van der Waals surface area contributed by atoms with Crippen LogP contribution in [0.25, 0.3) is 0 Å². The molecule has 0 radical (unpaired) electrons. The van der Waals surface area contributed by atoms with Crippen molar-refractivity contribution in [3.63, 3.8) is 0 Å². The maximum Gasteiger partial charge on any atom is 0.253 e. The van der Waals surface area contributed by atoms with Gasteiger partial charge in [-0.2, -0.15) is 0 Å². The Kier molecular flexibility index (Phi) is 8.55. The van der Waals surface area contributed by atoms with Gasteiger partial charge in [-0.05, 0) is 49.4 Å². The van der Waals surface area contributed by atoms with Crippen LogP contribution in [0.4, 0.5) is 0 Å². The van der Waals surface area contributed by atoms with E-state index in [1.54, 1.807) is 56.5 Å². The first-order valence-electron chi connectivity index (χ1n) is 9.94. The Morgan fingerprint density at radius 2 is 1.94 bits per heavy atom. The Hall–Kier alpha value is -2.81. The topological polar surface area (TPSA) is 86.1 Å². The second kappa shape index (κ2) is 11.4. The first-order chi connectivity index (χ1) is 15.8. The molecule has 2 aromatic carbocycles. The molecule has 0 fully saturated rings. The quantitative estimate of drug-likeness (QED) is 0.230. The molecule has 3 aromatic rings. The summed E-state index contributed by atoms with van der Waals surface area (Å²) >= 11 is 13.3. The van der Waals surface area contributed by atoms with E-state index in [1.165, 1.54) is 17.8 Å². The van der Waals surface area contributed by atoms with Crippen LogP contribution < -0.4 is 10.1 Å². The van der Waals surface area contributed by atoms with Gasteiger partial charge in [-0.1, -0.05) is 41.0 Å². The van der Waals surface area contributed by atoms with Crippen molar-refractivity contribution in [2.24, 2.45) is 0 Å². The first kappa shape index (κ1) is 24.8. The number of rotatable bonds is 10. The molecule has 0 aliphatic carbocycles. The number of hydrogen-bond acceptors (Lipinski definition) is 6. The molecule has 3 rings (SSSR count). The number of nitrogens with zero attached hydrogens (tertiary/aromatic N) is 3. The fourth-order valence-electron chi connectivity index (χ4n) is 3.03. The molecule has 0 saturated heterocycles. The third kappa shape index (κ3) is 6.16. The largest absolute Gasteiger partial charge is 0.497 e. The van der Waals surface area contributed by atoms with Crippen LogP contribution in [0, 0.1) is 0 Å². The Labute approximate surface area is 206 Å². The van der Waals surface area contributed by atoms with Crippen molar-refractivity contribution in [2.45, 2.75) is 24.7 Å². The molecule has 0 bridgehead atoms. The maximum absolute atomic E-state index is 12.7. The lowest BCUT2D eigenvalue weighted by Crippen LogP contribution is -2.29. The number of thioether (sulfide) groups is 1. The molecule has 172 valence electrons. The summed E-state index contributed by atoms with van der Waals surface area (Å²) in [4.78, 5) is 25.2. The number of allylic oxidation sites excluding steroid dienone is 1. The predicted molar refractivity (Wildman–Crippen MR) is 131 cm³/mol. The number of methoxy groups -OCH3 is 1. The summed E-state index contributed by atoms with van der Waals surface area (Å²) in [6.07, 6.45) is 1.70. The molecule has 1 heterocycles. The van der Waals surface area contributed by atoms with Crippen LogP contribution >= 0.6 is 35.0 Å². The van der Waals surface area contributed by atoms with Crippen molar-refractivity contribution < 1.29 is 14.3 Å². The van der Waals surface area contributed by atoms with E-state index in [0.29, 0.717) is 39.4 Å². The van der Waals surface area contributed by atoms with Crippen LogP contribution in [0.1, 0.15) is 39.5 Å². The van der Waals surface area contributed by atoms with Crippen molar-refractivity contribution in [2.75, 3.05) is 12.9 Å². The smallest absolute Gasteiger partial charge is 0.253 e. The minimum atomic E-state index is -0.469. The van der Waals surface area contributed by atoms with Gasteiger partial charge in [-0.15, -0.1) is 16.8 Å². The zero-order chi connectivity index (χ0) is 24.0. The molecule has 0 aliphatic heterocycles. The standard InChI is InChI=1S/C23H22Cl2N4O3S/c1-4-11-29-21(14(2)26-22(31)18-10-7-16(24)12-19(18)25)27-28-23(29)33-13-20(30)15-5-8-17(32-3)9-6-15/h4-10,12,14H,1,11,13H2,2-3H3,(H,26,31)/t14-/m0/s1. The molecule has 1 aromatic heterocycles. The number of Topliss-reactive ketones (excluding diaryl/α,β-unsaturated/α-hetero) is 1. The highest BCUT2D eigenvalue weighted by atomic mass is 35.5. The number of ether oxygens (including phenoxy) is 1. The highest BCUT2D eigenvalue weighted by Gasteiger charge is 2.21. The molecule has 1 atom stereocenters. The van der Waals surface area contributed by atoms with Crippen LogP contribution in [0.5, 0.6) is 5.75 Å². The van der Waals surface area contributed by atoms with Crippen LogP contribution in [-0.2, 0) is 6.54 Å². The molecule has 0 saturated carbocycles. The highest BCUT2D eigenvalue weighted by molar-refractivity contribution is 7.99. The van der Waals surface area contributed by atoms with E-state index >= 15 is 0 Å². The van der Waals surface area contributed by atoms with Gasteiger partial charge in [-0.3, -0.25) is 9.59 Å². The number of hydrogen-bond donors (Lipinski definition) is 1. The highest BCUT2D eigenvalue weighted by Crippen LogP contribution is 2.24. The summed E-state index contributed by atoms with van der Waals surface area (Å²) in [5, 5.41) is 12.6. The maximum atomic E-state index is 12.7. The zero-order valence-electron chi connectivity index (χ0n) is 18.0. The van der Waals surface area contributed by atoms with Crippen molar-refractivity contribution in [1.82, 2.24) is 20.1 Å². The number of benzene rings is 2. The lowest BCUT2D eigenvalue weighted by atomic mass is 10.1. The van der Waals surface area contributed by atoms with Gasteiger partial charge in [-0.25, -0.2) is 0 Å². The molecule has 0 unspecified atom stereocenters. The monoisotopic (exact) mass is 504 g/mol. The van der Waals surface area contributed by atoms with Crippen LogP contribution in [0.2, 0.25) is 10.0 Å². The summed E-state index contributed by atoms with van der Waals surface area (Å²) in [5.74, 6) is 0.999. The second-order valence-corrected chi connectivity index (χ2v) is 8.79. The summed E-state index contributed by atoms with van der Waals surface area (Å²) in [6, 6.07) is 11.1. The lowest BCUT2D eigenvalue weighted by molar-refractivity contribution is 0.0937. The van der Waals surface area contributed by atoms with Crippen LogP contribution in [0.3, 0.4) is 0 Å². The molecule has 1 N–H and O–H groups in total. The Bertz CT molecular complexity index is 1170. The van der Waals surface area contributed by atoms with Gasteiger partial charge in [0.2, 0.25) is 0 Å². The molecule has 33 heavy (non-hydrogen) atoms. The Morgan fingerprint density at radius 1 is 1.21 bits per heavy atom. The number of nitrogens with one attached hydrogen (secondary N) is 1. The number of ketones is 1. The second-order valence-electron chi connectivity index (χ2n) is 7.00. The molecule has 7 nitrogen and oxygen atoms in total. The van der Waals surface area contributed by atoms with Crippen LogP contribution in [0.15, 0.2) is 60.3 Å².